The van der Waals surface area contributed by atoms with E-state index in [0.29, 0.717) is 0 Å². The van der Waals surface area contributed by atoms with Gasteiger partial charge in [-0.1, -0.05) is 12.1 Å². The standard InChI is InChI=1S/C19H21F4NO4/c1-18(2,3)28-17(26)24-14(16(25)11-4-6-12(20)7-5-11)10-13-8-9-15(27-13)19(21,22)23/h4-9,14,16,25H,10H2,1-3H3,(H,24,26). The fourth-order valence-electron chi connectivity index (χ4n) is 2.45. The zero-order valence-electron chi connectivity index (χ0n) is 15.5. The maximum absolute atomic E-state index is 13.1. The van der Waals surface area contributed by atoms with E-state index in [-0.39, 0.29) is 17.7 Å². The van der Waals surface area contributed by atoms with Crippen LogP contribution in [0.5, 0.6) is 0 Å². The maximum Gasteiger partial charge on any atom is 0.449 e. The number of nitrogens with one attached hydrogen (secondary N) is 1. The summed E-state index contributed by atoms with van der Waals surface area (Å²) in [7, 11) is 0. The second-order valence-corrected chi connectivity index (χ2v) is 7.22. The molecule has 2 atom stereocenters. The third-order valence-corrected chi connectivity index (χ3v) is 3.66. The fraction of sp³-hybridized carbons (Fsp3) is 0.421. The Bertz CT molecular complexity index is 794. The van der Waals surface area contributed by atoms with Crippen molar-refractivity contribution < 1.29 is 36.6 Å². The highest BCUT2D eigenvalue weighted by molar-refractivity contribution is 5.68. The van der Waals surface area contributed by atoms with Crippen molar-refractivity contribution >= 4 is 6.09 Å². The molecule has 9 heteroatoms. The number of alkyl carbamates (subject to hydrolysis) is 1. The van der Waals surface area contributed by atoms with Crippen LogP contribution in [0.25, 0.3) is 0 Å². The van der Waals surface area contributed by atoms with Gasteiger partial charge in [0.1, 0.15) is 17.2 Å². The zero-order chi connectivity index (χ0) is 21.1. The molecule has 2 N–H and O–H groups in total. The Balaban J connectivity index is 2.23. The number of aliphatic hydroxyl groups is 1. The molecular weight excluding hydrogens is 382 g/mol. The van der Waals surface area contributed by atoms with Crippen molar-refractivity contribution in [2.75, 3.05) is 0 Å². The lowest BCUT2D eigenvalue weighted by molar-refractivity contribution is -0.153. The van der Waals surface area contributed by atoms with Crippen LogP contribution in [-0.2, 0) is 17.3 Å². The van der Waals surface area contributed by atoms with E-state index in [1.54, 1.807) is 20.8 Å². The molecule has 2 aromatic rings. The van der Waals surface area contributed by atoms with Gasteiger partial charge in [0.05, 0.1) is 12.1 Å². The van der Waals surface area contributed by atoms with Gasteiger partial charge in [0.2, 0.25) is 5.76 Å². The molecule has 1 aromatic heterocycles. The number of hydrogen-bond acceptors (Lipinski definition) is 4. The summed E-state index contributed by atoms with van der Waals surface area (Å²) >= 11 is 0. The molecular formula is C19H21F4NO4. The first-order valence-corrected chi connectivity index (χ1v) is 8.44. The predicted molar refractivity (Wildman–Crippen MR) is 91.9 cm³/mol. The van der Waals surface area contributed by atoms with Gasteiger partial charge < -0.3 is 19.6 Å². The number of halogens is 4. The third-order valence-electron chi connectivity index (χ3n) is 3.66. The van der Waals surface area contributed by atoms with Crippen LogP contribution in [0.15, 0.2) is 40.8 Å². The molecule has 0 fully saturated rings. The molecule has 0 spiro atoms. The van der Waals surface area contributed by atoms with Gasteiger partial charge >= 0.3 is 12.3 Å². The molecule has 0 aliphatic rings. The Hall–Kier alpha value is -2.55. The van der Waals surface area contributed by atoms with E-state index in [4.69, 9.17) is 9.15 Å². The van der Waals surface area contributed by atoms with E-state index < -0.39 is 41.6 Å². The first-order valence-electron chi connectivity index (χ1n) is 8.44. The summed E-state index contributed by atoms with van der Waals surface area (Å²) in [5.74, 6) is -1.79. The number of amides is 1. The average Bonchev–Trinajstić information content (AvgIpc) is 3.01. The van der Waals surface area contributed by atoms with Crippen molar-refractivity contribution in [3.8, 4) is 0 Å². The summed E-state index contributed by atoms with van der Waals surface area (Å²) in [6, 6.07) is 5.68. The Morgan fingerprint density at radius 3 is 2.25 bits per heavy atom. The quantitative estimate of drug-likeness (QED) is 0.716. The molecule has 1 aromatic carbocycles. The molecule has 2 rings (SSSR count). The average molecular weight is 403 g/mol. The predicted octanol–water partition coefficient (Wildman–Crippen LogP) is 4.61. The van der Waals surface area contributed by atoms with Crippen molar-refractivity contribution in [2.24, 2.45) is 0 Å². The van der Waals surface area contributed by atoms with E-state index in [2.05, 4.69) is 5.32 Å². The topological polar surface area (TPSA) is 71.7 Å². The zero-order valence-corrected chi connectivity index (χ0v) is 15.5. The van der Waals surface area contributed by atoms with Crippen LogP contribution in [0.3, 0.4) is 0 Å². The molecule has 28 heavy (non-hydrogen) atoms. The van der Waals surface area contributed by atoms with Gasteiger partial charge in [0, 0.05) is 6.42 Å². The lowest BCUT2D eigenvalue weighted by atomic mass is 9.99. The van der Waals surface area contributed by atoms with E-state index in [1.807, 2.05) is 0 Å². The summed E-state index contributed by atoms with van der Waals surface area (Å²) in [6.45, 7) is 4.92. The van der Waals surface area contributed by atoms with Gasteiger partial charge in [-0.25, -0.2) is 9.18 Å². The molecule has 0 aliphatic carbocycles. The van der Waals surface area contributed by atoms with Crippen LogP contribution >= 0.6 is 0 Å². The van der Waals surface area contributed by atoms with Gasteiger partial charge in [0.25, 0.3) is 0 Å². The normalized spacial score (nSPS) is 14.4. The van der Waals surface area contributed by atoms with Crippen molar-refractivity contribution in [3.05, 3.63) is 59.3 Å². The van der Waals surface area contributed by atoms with Gasteiger partial charge in [-0.2, -0.15) is 13.2 Å². The van der Waals surface area contributed by atoms with Crippen LogP contribution in [0.2, 0.25) is 0 Å². The van der Waals surface area contributed by atoms with Crippen molar-refractivity contribution in [1.29, 1.82) is 0 Å². The highest BCUT2D eigenvalue weighted by Gasteiger charge is 2.35. The highest BCUT2D eigenvalue weighted by Crippen LogP contribution is 2.31. The Morgan fingerprint density at radius 2 is 1.75 bits per heavy atom. The van der Waals surface area contributed by atoms with Crippen molar-refractivity contribution in [2.45, 2.75) is 51.1 Å². The molecule has 5 nitrogen and oxygen atoms in total. The number of alkyl halides is 3. The number of aliphatic hydroxyl groups excluding tert-OH is 1. The minimum Gasteiger partial charge on any atom is -0.456 e. The van der Waals surface area contributed by atoms with Crippen LogP contribution in [0.4, 0.5) is 22.4 Å². The summed E-state index contributed by atoms with van der Waals surface area (Å²) in [6.07, 6.45) is -7.09. The van der Waals surface area contributed by atoms with Crippen LogP contribution in [0.1, 0.15) is 44.0 Å². The number of carbonyl (C=O) groups is 1. The van der Waals surface area contributed by atoms with Gasteiger partial charge in [-0.05, 0) is 50.6 Å². The van der Waals surface area contributed by atoms with E-state index in [0.717, 1.165) is 24.3 Å². The maximum atomic E-state index is 13.1. The Morgan fingerprint density at radius 1 is 1.14 bits per heavy atom. The van der Waals surface area contributed by atoms with Crippen molar-refractivity contribution in [3.63, 3.8) is 0 Å². The number of furan rings is 1. The SMILES string of the molecule is CC(C)(C)OC(=O)NC(Cc1ccc(C(F)(F)F)o1)C(O)c1ccc(F)cc1. The fourth-order valence-corrected chi connectivity index (χ4v) is 2.45. The summed E-state index contributed by atoms with van der Waals surface area (Å²) in [5.41, 5.74) is -0.547. The van der Waals surface area contributed by atoms with Gasteiger partial charge in [-0.3, -0.25) is 0 Å². The highest BCUT2D eigenvalue weighted by atomic mass is 19.4. The first kappa shape index (κ1) is 21.7. The van der Waals surface area contributed by atoms with E-state index >= 15 is 0 Å². The molecule has 0 radical (unpaired) electrons. The summed E-state index contributed by atoms with van der Waals surface area (Å²) in [5, 5.41) is 13.0. The number of ether oxygens (including phenoxy) is 1. The molecule has 0 saturated heterocycles. The molecule has 1 amide bonds. The number of rotatable bonds is 5. The number of benzene rings is 1. The van der Waals surface area contributed by atoms with Crippen molar-refractivity contribution in [1.82, 2.24) is 5.32 Å². The molecule has 0 saturated carbocycles. The molecule has 154 valence electrons. The second-order valence-electron chi connectivity index (χ2n) is 7.22. The lowest BCUT2D eigenvalue weighted by Crippen LogP contribution is -2.43. The molecule has 1 heterocycles. The first-order chi connectivity index (χ1) is 12.8. The smallest absolute Gasteiger partial charge is 0.449 e. The van der Waals surface area contributed by atoms with Crippen LogP contribution in [0, 0.1) is 5.82 Å². The number of carbonyl (C=O) groups excluding carboxylic acids is 1. The summed E-state index contributed by atoms with van der Waals surface area (Å²) < 4.78 is 61.2. The lowest BCUT2D eigenvalue weighted by Gasteiger charge is -2.26. The monoisotopic (exact) mass is 403 g/mol. The third kappa shape index (κ3) is 6.26. The molecule has 2 unspecified atom stereocenters. The van der Waals surface area contributed by atoms with E-state index in [9.17, 15) is 27.5 Å². The van der Waals surface area contributed by atoms with Crippen LogP contribution < -0.4 is 5.32 Å². The van der Waals surface area contributed by atoms with Crippen LogP contribution in [-0.4, -0.2) is 22.8 Å². The second kappa shape index (κ2) is 8.22. The minimum atomic E-state index is -4.65. The van der Waals surface area contributed by atoms with Gasteiger partial charge in [0.15, 0.2) is 0 Å². The molecule has 0 bridgehead atoms. The minimum absolute atomic E-state index is 0.0884. The number of hydrogen-bond donors (Lipinski definition) is 2. The van der Waals surface area contributed by atoms with Gasteiger partial charge in [-0.15, -0.1) is 0 Å². The Labute approximate surface area is 159 Å². The largest absolute Gasteiger partial charge is 0.456 e. The molecule has 0 aliphatic heterocycles. The summed E-state index contributed by atoms with van der Waals surface area (Å²) in [4.78, 5) is 12.1. The van der Waals surface area contributed by atoms with E-state index in [1.165, 1.54) is 12.1 Å². The Kier molecular flexibility index (Phi) is 6.38.